The quantitative estimate of drug-likeness (QED) is 0.699. The maximum atomic E-state index is 12.2. The Bertz CT molecular complexity index is 745. The van der Waals surface area contributed by atoms with Gasteiger partial charge in [-0.05, 0) is 73.1 Å². The Morgan fingerprint density at radius 1 is 1.16 bits per heavy atom. The molecule has 0 saturated carbocycles. The Morgan fingerprint density at radius 3 is 2.36 bits per heavy atom. The molecule has 0 atom stereocenters. The molecule has 3 nitrogen and oxygen atoms in total. The van der Waals surface area contributed by atoms with E-state index in [2.05, 4.69) is 61.1 Å². The van der Waals surface area contributed by atoms with Crippen molar-refractivity contribution >= 4 is 21.8 Å². The zero-order chi connectivity index (χ0) is 18.6. The van der Waals surface area contributed by atoms with Gasteiger partial charge in [-0.25, -0.2) is 0 Å². The Morgan fingerprint density at radius 2 is 1.76 bits per heavy atom. The van der Waals surface area contributed by atoms with E-state index in [-0.39, 0.29) is 17.1 Å². The molecule has 25 heavy (non-hydrogen) atoms. The van der Waals surface area contributed by atoms with Crippen molar-refractivity contribution in [2.45, 2.75) is 40.5 Å². The number of carbonyl (C=O) groups excluding carboxylic acids is 1. The molecule has 2 aromatic carbocycles. The topological polar surface area (TPSA) is 49.3 Å². The van der Waals surface area contributed by atoms with Gasteiger partial charge in [-0.3, -0.25) is 4.79 Å². The molecule has 0 aliphatic carbocycles. The van der Waals surface area contributed by atoms with Gasteiger partial charge in [-0.2, -0.15) is 0 Å². The predicted molar refractivity (Wildman–Crippen MR) is 106 cm³/mol. The first-order chi connectivity index (χ1) is 11.7. The number of aromatic hydroxyl groups is 1. The van der Waals surface area contributed by atoms with Crippen molar-refractivity contribution in [2.24, 2.45) is 5.41 Å². The molecule has 0 unspecified atom stereocenters. The third-order valence-electron chi connectivity index (χ3n) is 4.55. The number of halogens is 1. The third kappa shape index (κ3) is 5.33. The molecule has 0 aliphatic rings. The Balaban J connectivity index is 1.96. The first-order valence-electron chi connectivity index (χ1n) is 8.51. The maximum Gasteiger partial charge on any atom is 0.255 e. The number of amides is 1. The van der Waals surface area contributed by atoms with Crippen molar-refractivity contribution in [1.82, 2.24) is 5.32 Å². The van der Waals surface area contributed by atoms with Gasteiger partial charge in [0.05, 0.1) is 5.56 Å². The summed E-state index contributed by atoms with van der Waals surface area (Å²) in [5.41, 5.74) is 4.34. The highest BCUT2D eigenvalue weighted by atomic mass is 79.9. The highest BCUT2D eigenvalue weighted by Gasteiger charge is 2.21. The number of hydrogen-bond acceptors (Lipinski definition) is 2. The maximum absolute atomic E-state index is 12.2. The molecule has 0 aromatic heterocycles. The molecule has 0 radical (unpaired) electrons. The highest BCUT2D eigenvalue weighted by molar-refractivity contribution is 9.10. The molecule has 1 amide bonds. The number of phenolic OH excluding ortho intramolecular Hbond substituents is 1. The van der Waals surface area contributed by atoms with E-state index < -0.39 is 0 Å². The molecule has 2 rings (SSSR count). The standard InChI is InChI=1S/C21H26BrNO2/c1-14-11-16(22)12-15(2)18(14)13-21(3,4)9-10-23-20(25)17-7-5-6-8-19(17)24/h5-8,11-12,24H,9-10,13H2,1-4H3,(H,23,25). The molecule has 0 heterocycles. The molecule has 0 aliphatic heterocycles. The van der Waals surface area contributed by atoms with Gasteiger partial charge in [0, 0.05) is 11.0 Å². The zero-order valence-corrected chi connectivity index (χ0v) is 16.9. The number of phenols is 1. The van der Waals surface area contributed by atoms with Gasteiger partial charge in [0.1, 0.15) is 5.75 Å². The largest absolute Gasteiger partial charge is 0.507 e. The summed E-state index contributed by atoms with van der Waals surface area (Å²) in [6.07, 6.45) is 1.83. The lowest BCUT2D eigenvalue weighted by atomic mass is 9.80. The van der Waals surface area contributed by atoms with Crippen molar-refractivity contribution in [3.05, 3.63) is 63.1 Å². The van der Waals surface area contributed by atoms with Gasteiger partial charge >= 0.3 is 0 Å². The van der Waals surface area contributed by atoms with Crippen LogP contribution in [0.25, 0.3) is 0 Å². The summed E-state index contributed by atoms with van der Waals surface area (Å²) in [6, 6.07) is 10.9. The van der Waals surface area contributed by atoms with E-state index in [9.17, 15) is 9.90 Å². The van der Waals surface area contributed by atoms with Crippen molar-refractivity contribution in [3.8, 4) is 5.75 Å². The zero-order valence-electron chi connectivity index (χ0n) is 15.3. The van der Waals surface area contributed by atoms with Crippen LogP contribution in [0.15, 0.2) is 40.9 Å². The fourth-order valence-corrected chi connectivity index (χ4v) is 3.75. The van der Waals surface area contributed by atoms with Gasteiger partial charge in [0.25, 0.3) is 5.91 Å². The van der Waals surface area contributed by atoms with Crippen LogP contribution < -0.4 is 5.32 Å². The molecule has 134 valence electrons. The second-order valence-corrected chi connectivity index (χ2v) is 8.30. The SMILES string of the molecule is Cc1cc(Br)cc(C)c1CC(C)(C)CCNC(=O)c1ccccc1O. The van der Waals surface area contributed by atoms with E-state index in [0.717, 1.165) is 17.3 Å². The molecule has 0 saturated heterocycles. The molecular weight excluding hydrogens is 378 g/mol. The van der Waals surface area contributed by atoms with Gasteiger partial charge in [-0.1, -0.05) is 41.9 Å². The van der Waals surface area contributed by atoms with Crippen LogP contribution in [0, 0.1) is 19.3 Å². The van der Waals surface area contributed by atoms with Gasteiger partial charge in [0.2, 0.25) is 0 Å². The Hall–Kier alpha value is -1.81. The molecular formula is C21H26BrNO2. The van der Waals surface area contributed by atoms with E-state index in [1.54, 1.807) is 18.2 Å². The van der Waals surface area contributed by atoms with Crippen LogP contribution in [0.4, 0.5) is 0 Å². The first-order valence-corrected chi connectivity index (χ1v) is 9.31. The van der Waals surface area contributed by atoms with Crippen molar-refractivity contribution in [1.29, 1.82) is 0 Å². The summed E-state index contributed by atoms with van der Waals surface area (Å²) in [4.78, 5) is 12.2. The number of para-hydroxylation sites is 1. The average Bonchev–Trinajstić information content (AvgIpc) is 2.51. The number of carbonyl (C=O) groups is 1. The molecule has 2 aromatic rings. The monoisotopic (exact) mass is 403 g/mol. The lowest BCUT2D eigenvalue weighted by Crippen LogP contribution is -2.29. The second-order valence-electron chi connectivity index (χ2n) is 7.38. The van der Waals surface area contributed by atoms with E-state index >= 15 is 0 Å². The second kappa shape index (κ2) is 8.05. The van der Waals surface area contributed by atoms with Crippen LogP contribution in [0.1, 0.15) is 47.3 Å². The smallest absolute Gasteiger partial charge is 0.255 e. The van der Waals surface area contributed by atoms with Crippen LogP contribution >= 0.6 is 15.9 Å². The lowest BCUT2D eigenvalue weighted by molar-refractivity contribution is 0.0946. The molecule has 4 heteroatoms. The van der Waals surface area contributed by atoms with Crippen molar-refractivity contribution < 1.29 is 9.90 Å². The van der Waals surface area contributed by atoms with Crippen LogP contribution in [0.3, 0.4) is 0 Å². The molecule has 0 bridgehead atoms. The number of benzene rings is 2. The Labute approximate surface area is 158 Å². The fraction of sp³-hybridized carbons (Fsp3) is 0.381. The van der Waals surface area contributed by atoms with Crippen molar-refractivity contribution in [2.75, 3.05) is 6.54 Å². The summed E-state index contributed by atoms with van der Waals surface area (Å²) in [7, 11) is 0. The van der Waals surface area contributed by atoms with Gasteiger partial charge < -0.3 is 10.4 Å². The summed E-state index contributed by atoms with van der Waals surface area (Å²) in [6.45, 7) is 9.31. The van der Waals surface area contributed by atoms with Gasteiger partial charge in [0.15, 0.2) is 0 Å². The van der Waals surface area contributed by atoms with Crippen molar-refractivity contribution in [3.63, 3.8) is 0 Å². The normalized spacial score (nSPS) is 11.4. The Kier molecular flexibility index (Phi) is 6.28. The molecule has 0 spiro atoms. The van der Waals surface area contributed by atoms with E-state index in [1.165, 1.54) is 22.8 Å². The van der Waals surface area contributed by atoms with Crippen LogP contribution in [-0.4, -0.2) is 17.6 Å². The molecule has 0 fully saturated rings. The summed E-state index contributed by atoms with van der Waals surface area (Å²) < 4.78 is 1.11. The van der Waals surface area contributed by atoms with E-state index in [0.29, 0.717) is 12.1 Å². The van der Waals surface area contributed by atoms with E-state index in [4.69, 9.17) is 0 Å². The average molecular weight is 404 g/mol. The lowest BCUT2D eigenvalue weighted by Gasteiger charge is -2.27. The minimum Gasteiger partial charge on any atom is -0.507 e. The number of hydrogen-bond donors (Lipinski definition) is 2. The molecule has 2 N–H and O–H groups in total. The summed E-state index contributed by atoms with van der Waals surface area (Å²) >= 11 is 3.54. The first kappa shape index (κ1) is 19.5. The van der Waals surface area contributed by atoms with E-state index in [1.807, 2.05) is 0 Å². The van der Waals surface area contributed by atoms with Gasteiger partial charge in [-0.15, -0.1) is 0 Å². The minimum absolute atomic E-state index is 0.0142. The summed E-state index contributed by atoms with van der Waals surface area (Å²) in [5, 5.41) is 12.7. The van der Waals surface area contributed by atoms with Crippen LogP contribution in [0.2, 0.25) is 0 Å². The third-order valence-corrected chi connectivity index (χ3v) is 5.01. The number of aryl methyl sites for hydroxylation is 2. The van der Waals surface area contributed by atoms with Crippen LogP contribution in [-0.2, 0) is 6.42 Å². The fourth-order valence-electron chi connectivity index (χ4n) is 3.06. The highest BCUT2D eigenvalue weighted by Crippen LogP contribution is 2.30. The minimum atomic E-state index is -0.232. The number of rotatable bonds is 6. The number of nitrogens with one attached hydrogen (secondary N) is 1. The van der Waals surface area contributed by atoms with Crippen LogP contribution in [0.5, 0.6) is 5.75 Å². The predicted octanol–water partition coefficient (Wildman–Crippen LogP) is 5.16. The summed E-state index contributed by atoms with van der Waals surface area (Å²) in [5.74, 6) is -0.217.